The third kappa shape index (κ3) is 3.11. The van der Waals surface area contributed by atoms with Crippen LogP contribution in [0.4, 0.5) is 0 Å². The minimum Gasteiger partial charge on any atom is -0.377 e. The predicted octanol–water partition coefficient (Wildman–Crippen LogP) is 0.340. The van der Waals surface area contributed by atoms with Gasteiger partial charge < -0.3 is 10.5 Å². The van der Waals surface area contributed by atoms with Gasteiger partial charge in [0.15, 0.2) is 0 Å². The number of hydrogen-bond acceptors (Lipinski definition) is 5. The molecule has 1 unspecified atom stereocenters. The highest BCUT2D eigenvalue weighted by Gasteiger charge is 2.27. The summed E-state index contributed by atoms with van der Waals surface area (Å²) in [5, 5.41) is 0. The van der Waals surface area contributed by atoms with Crippen molar-refractivity contribution < 1.29 is 13.2 Å². The van der Waals surface area contributed by atoms with Crippen LogP contribution in [0.15, 0.2) is 23.2 Å². The summed E-state index contributed by atoms with van der Waals surface area (Å²) in [5.74, 6) is 0. The van der Waals surface area contributed by atoms with Crippen molar-refractivity contribution in [2.24, 2.45) is 5.73 Å². The fourth-order valence-electron chi connectivity index (χ4n) is 2.15. The van der Waals surface area contributed by atoms with E-state index in [1.165, 1.54) is 10.4 Å². The summed E-state index contributed by atoms with van der Waals surface area (Å²) in [5.41, 5.74) is 5.93. The van der Waals surface area contributed by atoms with Crippen molar-refractivity contribution in [3.63, 3.8) is 0 Å². The molecule has 1 fully saturated rings. The molecule has 1 aliphatic rings. The Morgan fingerprint density at radius 2 is 2.37 bits per heavy atom. The van der Waals surface area contributed by atoms with Gasteiger partial charge in [-0.05, 0) is 25.0 Å². The first kappa shape index (κ1) is 14.4. The van der Waals surface area contributed by atoms with Gasteiger partial charge in [0, 0.05) is 32.9 Å². The first-order valence-corrected chi connectivity index (χ1v) is 7.71. The van der Waals surface area contributed by atoms with Crippen molar-refractivity contribution in [3.8, 4) is 0 Å². The van der Waals surface area contributed by atoms with Gasteiger partial charge in [0.1, 0.15) is 4.90 Å². The topological polar surface area (TPSA) is 85.5 Å². The Balaban J connectivity index is 2.20. The van der Waals surface area contributed by atoms with Crippen molar-refractivity contribution in [2.45, 2.75) is 30.4 Å². The Morgan fingerprint density at radius 1 is 1.58 bits per heavy atom. The van der Waals surface area contributed by atoms with Gasteiger partial charge in [-0.1, -0.05) is 0 Å². The summed E-state index contributed by atoms with van der Waals surface area (Å²) in [6.45, 7) is 1.17. The number of sulfonamides is 1. The molecule has 2 rings (SSSR count). The van der Waals surface area contributed by atoms with Gasteiger partial charge in [0.05, 0.1) is 11.8 Å². The van der Waals surface area contributed by atoms with Crippen LogP contribution in [0.1, 0.15) is 18.5 Å². The van der Waals surface area contributed by atoms with Crippen LogP contribution in [0.25, 0.3) is 0 Å². The molecule has 6 nitrogen and oxygen atoms in total. The number of likely N-dealkylation sites (N-methyl/N-ethyl adjacent to an activating group) is 1. The molecule has 0 bridgehead atoms. The molecular weight excluding hydrogens is 266 g/mol. The zero-order chi connectivity index (χ0) is 13.9. The van der Waals surface area contributed by atoms with E-state index in [1.54, 1.807) is 19.3 Å². The molecule has 2 heterocycles. The highest BCUT2D eigenvalue weighted by Crippen LogP contribution is 2.20. The van der Waals surface area contributed by atoms with Crippen LogP contribution < -0.4 is 5.73 Å². The number of rotatable bonds is 5. The fourth-order valence-corrected chi connectivity index (χ4v) is 3.54. The van der Waals surface area contributed by atoms with Crippen molar-refractivity contribution in [2.75, 3.05) is 20.2 Å². The molecule has 0 amide bonds. The predicted molar refractivity (Wildman–Crippen MR) is 70.9 cm³/mol. The van der Waals surface area contributed by atoms with Crippen LogP contribution in [-0.4, -0.2) is 44.0 Å². The Bertz CT molecular complexity index is 527. The maximum absolute atomic E-state index is 12.5. The largest absolute Gasteiger partial charge is 0.377 e. The molecule has 1 aliphatic heterocycles. The second-order valence-corrected chi connectivity index (χ2v) is 6.59. The lowest BCUT2D eigenvalue weighted by molar-refractivity contribution is 0.0978. The number of hydrogen-bond donors (Lipinski definition) is 1. The lowest BCUT2D eigenvalue weighted by atomic mass is 10.2. The normalized spacial score (nSPS) is 20.1. The van der Waals surface area contributed by atoms with Gasteiger partial charge in [-0.15, -0.1) is 0 Å². The summed E-state index contributed by atoms with van der Waals surface area (Å²) >= 11 is 0. The van der Waals surface area contributed by atoms with E-state index in [0.717, 1.165) is 12.8 Å². The quantitative estimate of drug-likeness (QED) is 0.843. The van der Waals surface area contributed by atoms with E-state index in [1.807, 2.05) is 0 Å². The molecule has 1 atom stereocenters. The van der Waals surface area contributed by atoms with Crippen LogP contribution in [0.2, 0.25) is 0 Å². The summed E-state index contributed by atoms with van der Waals surface area (Å²) in [6, 6.07) is 3.14. The molecule has 19 heavy (non-hydrogen) atoms. The molecule has 0 saturated carbocycles. The monoisotopic (exact) mass is 285 g/mol. The molecular formula is C12H19N3O3S. The first-order valence-electron chi connectivity index (χ1n) is 6.27. The lowest BCUT2D eigenvalue weighted by Gasteiger charge is -2.21. The van der Waals surface area contributed by atoms with Crippen molar-refractivity contribution >= 4 is 10.0 Å². The van der Waals surface area contributed by atoms with Crippen LogP contribution in [-0.2, 0) is 21.3 Å². The Kier molecular flexibility index (Phi) is 4.51. The molecule has 7 heteroatoms. The fraction of sp³-hybridized carbons (Fsp3) is 0.583. The molecule has 1 saturated heterocycles. The van der Waals surface area contributed by atoms with Gasteiger partial charge in [0.25, 0.3) is 0 Å². The number of nitrogens with two attached hydrogens (primary N) is 1. The minimum atomic E-state index is -3.56. The SMILES string of the molecule is CN(CC1CCCO1)S(=O)(=O)c1cccnc1CN. The van der Waals surface area contributed by atoms with E-state index in [2.05, 4.69) is 4.98 Å². The molecule has 1 aromatic heterocycles. The average molecular weight is 285 g/mol. The molecule has 2 N–H and O–H groups in total. The molecule has 0 aromatic carbocycles. The van der Waals surface area contributed by atoms with E-state index in [4.69, 9.17) is 10.5 Å². The number of aromatic nitrogens is 1. The van der Waals surface area contributed by atoms with E-state index in [-0.39, 0.29) is 17.5 Å². The van der Waals surface area contributed by atoms with E-state index in [0.29, 0.717) is 18.8 Å². The summed E-state index contributed by atoms with van der Waals surface area (Å²) < 4.78 is 31.7. The minimum absolute atomic E-state index is 0.0160. The summed E-state index contributed by atoms with van der Waals surface area (Å²) in [4.78, 5) is 4.19. The molecule has 106 valence electrons. The Hall–Kier alpha value is -1.02. The van der Waals surface area contributed by atoms with Crippen LogP contribution in [0.3, 0.4) is 0 Å². The van der Waals surface area contributed by atoms with Gasteiger partial charge in [0.2, 0.25) is 10.0 Å². The van der Waals surface area contributed by atoms with Crippen molar-refractivity contribution in [1.29, 1.82) is 0 Å². The van der Waals surface area contributed by atoms with E-state index >= 15 is 0 Å². The van der Waals surface area contributed by atoms with Crippen molar-refractivity contribution in [1.82, 2.24) is 9.29 Å². The average Bonchev–Trinajstić information content (AvgIpc) is 2.91. The molecule has 0 spiro atoms. The smallest absolute Gasteiger partial charge is 0.244 e. The summed E-state index contributed by atoms with van der Waals surface area (Å²) in [6.07, 6.45) is 3.41. The lowest BCUT2D eigenvalue weighted by Crippen LogP contribution is -2.34. The maximum Gasteiger partial charge on any atom is 0.244 e. The number of ether oxygens (including phenoxy) is 1. The van der Waals surface area contributed by atoms with Gasteiger partial charge in [-0.25, -0.2) is 8.42 Å². The third-order valence-electron chi connectivity index (χ3n) is 3.21. The van der Waals surface area contributed by atoms with Gasteiger partial charge in [-0.2, -0.15) is 4.31 Å². The van der Waals surface area contributed by atoms with Gasteiger partial charge >= 0.3 is 0 Å². The number of pyridine rings is 1. The highest BCUT2D eigenvalue weighted by atomic mass is 32.2. The van der Waals surface area contributed by atoms with E-state index < -0.39 is 10.0 Å². The maximum atomic E-state index is 12.5. The molecule has 0 radical (unpaired) electrons. The Labute approximate surface area is 113 Å². The van der Waals surface area contributed by atoms with E-state index in [9.17, 15) is 8.42 Å². The van der Waals surface area contributed by atoms with Crippen LogP contribution >= 0.6 is 0 Å². The highest BCUT2D eigenvalue weighted by molar-refractivity contribution is 7.89. The van der Waals surface area contributed by atoms with Gasteiger partial charge in [-0.3, -0.25) is 4.98 Å². The third-order valence-corrected chi connectivity index (χ3v) is 5.11. The first-order chi connectivity index (χ1) is 9.05. The van der Waals surface area contributed by atoms with Crippen LogP contribution in [0.5, 0.6) is 0 Å². The zero-order valence-electron chi connectivity index (χ0n) is 10.9. The number of nitrogens with zero attached hydrogens (tertiary/aromatic N) is 2. The second-order valence-electron chi connectivity index (χ2n) is 4.57. The molecule has 0 aliphatic carbocycles. The van der Waals surface area contributed by atoms with Crippen molar-refractivity contribution in [3.05, 3.63) is 24.0 Å². The summed E-state index contributed by atoms with van der Waals surface area (Å²) in [7, 11) is -2.00. The standard InChI is InChI=1S/C12H19N3O3S/c1-15(9-10-4-3-7-18-10)19(16,17)12-5-2-6-14-11(12)8-13/h2,5-6,10H,3-4,7-9,13H2,1H3. The Morgan fingerprint density at radius 3 is 3.00 bits per heavy atom. The second kappa shape index (κ2) is 5.96. The zero-order valence-corrected chi connectivity index (χ0v) is 11.8. The van der Waals surface area contributed by atoms with Crippen LogP contribution in [0, 0.1) is 0 Å². The molecule has 1 aromatic rings.